The zero-order chi connectivity index (χ0) is 10.8. The molecule has 0 amide bonds. The first-order valence-corrected chi connectivity index (χ1v) is 5.06. The molecule has 5 nitrogen and oxygen atoms in total. The fourth-order valence-electron chi connectivity index (χ4n) is 1.76. The molecule has 2 heterocycles. The third-order valence-electron chi connectivity index (χ3n) is 2.68. The predicted molar refractivity (Wildman–Crippen MR) is 54.9 cm³/mol. The van der Waals surface area contributed by atoms with Crippen LogP contribution in [0.4, 0.5) is 0 Å². The van der Waals surface area contributed by atoms with E-state index in [4.69, 9.17) is 4.74 Å². The second-order valence-corrected chi connectivity index (χ2v) is 3.78. The summed E-state index contributed by atoms with van der Waals surface area (Å²) < 4.78 is 8.07. The zero-order valence-electron chi connectivity index (χ0n) is 8.68. The number of hydrogen-bond donors (Lipinski definition) is 0. The molecular weight excluding hydrogens is 196 g/mol. The minimum Gasteiger partial charge on any atom is -0.376 e. The first-order chi connectivity index (χ1) is 7.18. The second kappa shape index (κ2) is 4.02. The van der Waals surface area contributed by atoms with Gasteiger partial charge in [-0.3, -0.25) is 13.9 Å². The van der Waals surface area contributed by atoms with Gasteiger partial charge in [0.1, 0.15) is 0 Å². The van der Waals surface area contributed by atoms with Crippen molar-refractivity contribution in [1.82, 2.24) is 9.13 Å². The summed E-state index contributed by atoms with van der Waals surface area (Å²) in [5, 5.41) is 0. The number of rotatable bonds is 2. The monoisotopic (exact) mass is 210 g/mol. The highest BCUT2D eigenvalue weighted by Gasteiger charge is 2.16. The summed E-state index contributed by atoms with van der Waals surface area (Å²) in [5.41, 5.74) is -0.554. The first kappa shape index (κ1) is 10.2. The molecule has 1 saturated heterocycles. The lowest BCUT2D eigenvalue weighted by Crippen LogP contribution is -2.38. The summed E-state index contributed by atoms with van der Waals surface area (Å²) in [6, 6.07) is 1.40. The lowest BCUT2D eigenvalue weighted by Gasteiger charge is -2.11. The van der Waals surface area contributed by atoms with Gasteiger partial charge in [0.05, 0.1) is 12.6 Å². The van der Waals surface area contributed by atoms with Gasteiger partial charge in [0.2, 0.25) is 0 Å². The minimum atomic E-state index is -0.280. The Labute approximate surface area is 86.9 Å². The normalized spacial score (nSPS) is 20.7. The Hall–Kier alpha value is -1.36. The molecule has 15 heavy (non-hydrogen) atoms. The fraction of sp³-hybridized carbons (Fsp3) is 0.600. The van der Waals surface area contributed by atoms with E-state index in [0.29, 0.717) is 6.54 Å². The molecule has 0 aliphatic carbocycles. The molecule has 0 saturated carbocycles. The van der Waals surface area contributed by atoms with Crippen LogP contribution in [-0.4, -0.2) is 21.8 Å². The van der Waals surface area contributed by atoms with E-state index in [0.717, 1.165) is 24.0 Å². The van der Waals surface area contributed by atoms with Gasteiger partial charge in [0, 0.05) is 25.9 Å². The molecule has 82 valence electrons. The Bertz CT molecular complexity index is 454. The van der Waals surface area contributed by atoms with Crippen LogP contribution in [0.5, 0.6) is 0 Å². The first-order valence-electron chi connectivity index (χ1n) is 5.06. The van der Waals surface area contributed by atoms with Crippen molar-refractivity contribution < 1.29 is 4.74 Å². The molecule has 1 aromatic rings. The van der Waals surface area contributed by atoms with Gasteiger partial charge in [0.15, 0.2) is 0 Å². The van der Waals surface area contributed by atoms with Crippen molar-refractivity contribution in [3.05, 3.63) is 33.1 Å². The van der Waals surface area contributed by atoms with E-state index in [1.54, 1.807) is 0 Å². The van der Waals surface area contributed by atoms with E-state index in [2.05, 4.69) is 0 Å². The molecule has 1 aromatic heterocycles. The van der Waals surface area contributed by atoms with Crippen molar-refractivity contribution >= 4 is 0 Å². The number of hydrogen-bond acceptors (Lipinski definition) is 3. The highest BCUT2D eigenvalue weighted by Crippen LogP contribution is 2.12. The van der Waals surface area contributed by atoms with Crippen LogP contribution < -0.4 is 11.2 Å². The van der Waals surface area contributed by atoms with Crippen LogP contribution in [0.25, 0.3) is 0 Å². The molecule has 1 aliphatic rings. The minimum absolute atomic E-state index is 0.111. The van der Waals surface area contributed by atoms with Crippen molar-refractivity contribution in [2.24, 2.45) is 7.05 Å². The van der Waals surface area contributed by atoms with Crippen LogP contribution in [0, 0.1) is 0 Å². The quantitative estimate of drug-likeness (QED) is 0.675. The fourth-order valence-corrected chi connectivity index (χ4v) is 1.76. The standard InChI is InChI=1S/C10H14N2O3/c1-11-9(13)4-5-12(10(11)14)7-8-3-2-6-15-8/h4-5,8H,2-3,6-7H2,1H3/t8-/m1/s1. The van der Waals surface area contributed by atoms with E-state index in [1.165, 1.54) is 23.9 Å². The van der Waals surface area contributed by atoms with Gasteiger partial charge in [-0.05, 0) is 12.8 Å². The van der Waals surface area contributed by atoms with Crippen molar-refractivity contribution in [1.29, 1.82) is 0 Å². The molecule has 1 atom stereocenters. The average molecular weight is 210 g/mol. The molecule has 5 heteroatoms. The summed E-state index contributed by atoms with van der Waals surface area (Å²) in [7, 11) is 1.48. The molecule has 0 aromatic carbocycles. The molecule has 0 radical (unpaired) electrons. The lowest BCUT2D eigenvalue weighted by atomic mass is 10.2. The average Bonchev–Trinajstić information content (AvgIpc) is 2.72. The maximum atomic E-state index is 11.6. The summed E-state index contributed by atoms with van der Waals surface area (Å²) in [6.07, 6.45) is 3.67. The van der Waals surface area contributed by atoms with Gasteiger partial charge >= 0.3 is 5.69 Å². The molecule has 0 unspecified atom stereocenters. The maximum absolute atomic E-state index is 11.6. The Morgan fingerprint density at radius 3 is 3.00 bits per heavy atom. The number of nitrogens with zero attached hydrogens (tertiary/aromatic N) is 2. The summed E-state index contributed by atoms with van der Waals surface area (Å²) in [6.45, 7) is 1.30. The van der Waals surface area contributed by atoms with Gasteiger partial charge in [0.25, 0.3) is 5.56 Å². The lowest BCUT2D eigenvalue weighted by molar-refractivity contribution is 0.0954. The molecule has 2 rings (SSSR count). The third-order valence-corrected chi connectivity index (χ3v) is 2.68. The largest absolute Gasteiger partial charge is 0.376 e. The van der Waals surface area contributed by atoms with E-state index < -0.39 is 0 Å². The van der Waals surface area contributed by atoms with Crippen LogP contribution >= 0.6 is 0 Å². The number of aromatic nitrogens is 2. The van der Waals surface area contributed by atoms with Gasteiger partial charge < -0.3 is 4.74 Å². The topological polar surface area (TPSA) is 53.2 Å². The van der Waals surface area contributed by atoms with Crippen LogP contribution in [0.2, 0.25) is 0 Å². The van der Waals surface area contributed by atoms with Crippen LogP contribution in [0.3, 0.4) is 0 Å². The molecule has 0 spiro atoms. The summed E-state index contributed by atoms with van der Waals surface area (Å²) >= 11 is 0. The van der Waals surface area contributed by atoms with Gasteiger partial charge in [-0.15, -0.1) is 0 Å². The van der Waals surface area contributed by atoms with Crippen molar-refractivity contribution in [2.45, 2.75) is 25.5 Å². The Morgan fingerprint density at radius 2 is 2.33 bits per heavy atom. The van der Waals surface area contributed by atoms with Gasteiger partial charge in [-0.1, -0.05) is 0 Å². The van der Waals surface area contributed by atoms with E-state index >= 15 is 0 Å². The molecular formula is C10H14N2O3. The van der Waals surface area contributed by atoms with E-state index in [-0.39, 0.29) is 17.4 Å². The van der Waals surface area contributed by atoms with E-state index in [9.17, 15) is 9.59 Å². The zero-order valence-corrected chi connectivity index (χ0v) is 8.68. The third kappa shape index (κ3) is 2.02. The van der Waals surface area contributed by atoms with Crippen LogP contribution in [-0.2, 0) is 18.3 Å². The molecule has 0 bridgehead atoms. The molecule has 1 fully saturated rings. The van der Waals surface area contributed by atoms with Gasteiger partial charge in [-0.2, -0.15) is 0 Å². The maximum Gasteiger partial charge on any atom is 0.330 e. The summed E-state index contributed by atoms with van der Waals surface area (Å²) in [4.78, 5) is 22.8. The number of ether oxygens (including phenoxy) is 1. The molecule has 0 N–H and O–H groups in total. The summed E-state index contributed by atoms with van der Waals surface area (Å²) in [5.74, 6) is 0. The SMILES string of the molecule is Cn1c(=O)ccn(C[C@H]2CCCO2)c1=O. The Morgan fingerprint density at radius 1 is 1.53 bits per heavy atom. The molecule has 1 aliphatic heterocycles. The predicted octanol–water partition coefficient (Wildman–Crippen LogP) is -0.274. The second-order valence-electron chi connectivity index (χ2n) is 3.78. The Balaban J connectivity index is 2.25. The smallest absolute Gasteiger partial charge is 0.330 e. The van der Waals surface area contributed by atoms with Crippen molar-refractivity contribution in [2.75, 3.05) is 6.61 Å². The van der Waals surface area contributed by atoms with Crippen molar-refractivity contribution in [3.63, 3.8) is 0 Å². The van der Waals surface area contributed by atoms with Gasteiger partial charge in [-0.25, -0.2) is 4.79 Å². The highest BCUT2D eigenvalue weighted by molar-refractivity contribution is 4.86. The van der Waals surface area contributed by atoms with Crippen LogP contribution in [0.15, 0.2) is 21.9 Å². The van der Waals surface area contributed by atoms with Crippen LogP contribution in [0.1, 0.15) is 12.8 Å². The van der Waals surface area contributed by atoms with E-state index in [1.807, 2.05) is 0 Å². The van der Waals surface area contributed by atoms with Crippen molar-refractivity contribution in [3.8, 4) is 0 Å². The highest BCUT2D eigenvalue weighted by atomic mass is 16.5. The Kier molecular flexibility index (Phi) is 2.73.